The van der Waals surface area contributed by atoms with Gasteiger partial charge in [0.1, 0.15) is 0 Å². The SMILES string of the molecule is Cc1cc(CNCC2(O)CCCN(Cc3ccc(F)c(F)c3)C2=O)n[nH]1. The average molecular weight is 364 g/mol. The summed E-state index contributed by atoms with van der Waals surface area (Å²) in [6.45, 7) is 3.04. The number of hydrogen-bond acceptors (Lipinski definition) is 4. The summed E-state index contributed by atoms with van der Waals surface area (Å²) in [6, 6.07) is 5.44. The highest BCUT2D eigenvalue weighted by molar-refractivity contribution is 5.86. The number of aliphatic hydroxyl groups is 1. The van der Waals surface area contributed by atoms with Gasteiger partial charge in [0, 0.05) is 31.9 Å². The predicted molar refractivity (Wildman–Crippen MR) is 91.0 cm³/mol. The van der Waals surface area contributed by atoms with Gasteiger partial charge in [-0.3, -0.25) is 9.89 Å². The second-order valence-electron chi connectivity index (χ2n) is 6.76. The zero-order valence-corrected chi connectivity index (χ0v) is 14.6. The number of rotatable bonds is 6. The van der Waals surface area contributed by atoms with Crippen LogP contribution in [0.4, 0.5) is 8.78 Å². The number of benzene rings is 1. The van der Waals surface area contributed by atoms with Crippen molar-refractivity contribution in [2.75, 3.05) is 13.1 Å². The molecule has 3 N–H and O–H groups in total. The Labute approximate surface area is 150 Å². The Morgan fingerprint density at radius 2 is 2.15 bits per heavy atom. The van der Waals surface area contributed by atoms with E-state index in [9.17, 15) is 18.7 Å². The van der Waals surface area contributed by atoms with Gasteiger partial charge in [0.2, 0.25) is 0 Å². The normalized spacial score (nSPS) is 20.6. The molecule has 1 aromatic heterocycles. The molecule has 1 aliphatic heterocycles. The number of halogens is 2. The fraction of sp³-hybridized carbons (Fsp3) is 0.444. The van der Waals surface area contributed by atoms with Crippen LogP contribution in [0.2, 0.25) is 0 Å². The summed E-state index contributed by atoms with van der Waals surface area (Å²) in [5.74, 6) is -2.27. The molecule has 3 rings (SSSR count). The van der Waals surface area contributed by atoms with Crippen molar-refractivity contribution in [3.8, 4) is 0 Å². The molecule has 0 aliphatic carbocycles. The van der Waals surface area contributed by atoms with Crippen LogP contribution in [0.3, 0.4) is 0 Å². The van der Waals surface area contributed by atoms with Crippen molar-refractivity contribution in [1.29, 1.82) is 0 Å². The quantitative estimate of drug-likeness (QED) is 0.728. The standard InChI is InChI=1S/C18H22F2N4O2/c1-12-7-14(23-22-12)9-21-11-18(26)5-2-6-24(17(18)25)10-13-3-4-15(19)16(20)8-13/h3-4,7-8,21,26H,2,5-6,9-11H2,1H3,(H,22,23). The molecule has 0 spiro atoms. The maximum absolute atomic E-state index is 13.4. The smallest absolute Gasteiger partial charge is 0.256 e. The van der Waals surface area contributed by atoms with Crippen LogP contribution >= 0.6 is 0 Å². The Morgan fingerprint density at radius 3 is 2.85 bits per heavy atom. The minimum Gasteiger partial charge on any atom is -0.379 e. The van der Waals surface area contributed by atoms with Gasteiger partial charge in [-0.05, 0) is 43.5 Å². The second-order valence-corrected chi connectivity index (χ2v) is 6.76. The van der Waals surface area contributed by atoms with Gasteiger partial charge < -0.3 is 15.3 Å². The van der Waals surface area contributed by atoms with E-state index in [1.54, 1.807) is 0 Å². The summed E-state index contributed by atoms with van der Waals surface area (Å²) in [7, 11) is 0. The Bertz CT molecular complexity index is 795. The maximum atomic E-state index is 13.4. The number of amides is 1. The minimum absolute atomic E-state index is 0.103. The van der Waals surface area contributed by atoms with E-state index in [4.69, 9.17) is 0 Å². The zero-order chi connectivity index (χ0) is 18.7. The Balaban J connectivity index is 1.61. The lowest BCUT2D eigenvalue weighted by atomic mass is 9.91. The third-order valence-electron chi connectivity index (χ3n) is 4.54. The summed E-state index contributed by atoms with van der Waals surface area (Å²) < 4.78 is 26.4. The molecule has 1 unspecified atom stereocenters. The number of aromatic nitrogens is 2. The van der Waals surface area contributed by atoms with Gasteiger partial charge in [-0.15, -0.1) is 0 Å². The van der Waals surface area contributed by atoms with Crippen molar-refractivity contribution in [1.82, 2.24) is 20.4 Å². The molecule has 0 bridgehead atoms. The van der Waals surface area contributed by atoms with Crippen LogP contribution in [0.15, 0.2) is 24.3 Å². The number of likely N-dealkylation sites (tertiary alicyclic amines) is 1. The zero-order valence-electron chi connectivity index (χ0n) is 14.6. The Morgan fingerprint density at radius 1 is 1.35 bits per heavy atom. The highest BCUT2D eigenvalue weighted by atomic mass is 19.2. The van der Waals surface area contributed by atoms with E-state index in [0.29, 0.717) is 31.5 Å². The molecule has 0 radical (unpaired) electrons. The molecule has 8 heteroatoms. The first-order valence-electron chi connectivity index (χ1n) is 8.55. The fourth-order valence-corrected chi connectivity index (χ4v) is 3.20. The number of H-pyrrole nitrogens is 1. The number of aromatic amines is 1. The van der Waals surface area contributed by atoms with Crippen LogP contribution in [0.25, 0.3) is 0 Å². The predicted octanol–water partition coefficient (Wildman–Crippen LogP) is 1.64. The third kappa shape index (κ3) is 4.08. The van der Waals surface area contributed by atoms with E-state index in [0.717, 1.165) is 23.5 Å². The van der Waals surface area contributed by atoms with E-state index in [1.165, 1.54) is 11.0 Å². The first-order chi connectivity index (χ1) is 12.4. The molecule has 1 aromatic carbocycles. The van der Waals surface area contributed by atoms with Gasteiger partial charge in [0.05, 0.1) is 5.69 Å². The minimum atomic E-state index is -1.51. The summed E-state index contributed by atoms with van der Waals surface area (Å²) in [6.07, 6.45) is 0.988. The Hall–Kier alpha value is -2.32. The van der Waals surface area contributed by atoms with Crippen molar-refractivity contribution in [2.24, 2.45) is 0 Å². The van der Waals surface area contributed by atoms with Crippen LogP contribution in [0.5, 0.6) is 0 Å². The first-order valence-corrected chi connectivity index (χ1v) is 8.55. The van der Waals surface area contributed by atoms with Gasteiger partial charge in [0.15, 0.2) is 17.2 Å². The molecule has 26 heavy (non-hydrogen) atoms. The fourth-order valence-electron chi connectivity index (χ4n) is 3.20. The van der Waals surface area contributed by atoms with Gasteiger partial charge in [-0.25, -0.2) is 8.78 Å². The molecule has 1 amide bonds. The summed E-state index contributed by atoms with van der Waals surface area (Å²) >= 11 is 0. The Kier molecular flexibility index (Phi) is 5.33. The van der Waals surface area contributed by atoms with E-state index in [1.807, 2.05) is 13.0 Å². The summed E-state index contributed by atoms with van der Waals surface area (Å²) in [4.78, 5) is 14.2. The number of nitrogens with zero attached hydrogens (tertiary/aromatic N) is 2. The van der Waals surface area contributed by atoms with Crippen LogP contribution < -0.4 is 5.32 Å². The highest BCUT2D eigenvalue weighted by Crippen LogP contribution is 2.24. The van der Waals surface area contributed by atoms with Crippen molar-refractivity contribution in [2.45, 2.75) is 38.5 Å². The average Bonchev–Trinajstić information content (AvgIpc) is 3.01. The molecular formula is C18H22F2N4O2. The van der Waals surface area contributed by atoms with Crippen molar-refractivity contribution >= 4 is 5.91 Å². The van der Waals surface area contributed by atoms with Crippen LogP contribution in [-0.4, -0.2) is 44.8 Å². The maximum Gasteiger partial charge on any atom is 0.256 e. The van der Waals surface area contributed by atoms with Gasteiger partial charge in [-0.1, -0.05) is 6.07 Å². The lowest BCUT2D eigenvalue weighted by Crippen LogP contribution is -2.57. The largest absolute Gasteiger partial charge is 0.379 e. The second kappa shape index (κ2) is 7.51. The third-order valence-corrected chi connectivity index (χ3v) is 4.54. The van der Waals surface area contributed by atoms with Crippen LogP contribution in [-0.2, 0) is 17.9 Å². The van der Waals surface area contributed by atoms with Crippen molar-refractivity contribution < 1.29 is 18.7 Å². The van der Waals surface area contributed by atoms with Crippen molar-refractivity contribution in [3.63, 3.8) is 0 Å². The van der Waals surface area contributed by atoms with Gasteiger partial charge in [-0.2, -0.15) is 5.10 Å². The molecule has 1 saturated heterocycles. The number of hydrogen-bond donors (Lipinski definition) is 3. The molecule has 2 heterocycles. The van der Waals surface area contributed by atoms with E-state index < -0.39 is 23.1 Å². The number of piperidine rings is 1. The molecule has 6 nitrogen and oxygen atoms in total. The lowest BCUT2D eigenvalue weighted by molar-refractivity contribution is -0.157. The number of nitrogens with one attached hydrogen (secondary N) is 2. The molecular weight excluding hydrogens is 342 g/mol. The number of carbonyl (C=O) groups is 1. The first kappa shape index (κ1) is 18.5. The molecule has 1 aliphatic rings. The molecule has 140 valence electrons. The summed E-state index contributed by atoms with van der Waals surface area (Å²) in [5, 5.41) is 20.8. The molecule has 2 aromatic rings. The monoisotopic (exact) mass is 364 g/mol. The van der Waals surface area contributed by atoms with Crippen LogP contribution in [0.1, 0.15) is 29.8 Å². The van der Waals surface area contributed by atoms with Gasteiger partial charge in [0.25, 0.3) is 5.91 Å². The van der Waals surface area contributed by atoms with Crippen LogP contribution in [0, 0.1) is 18.6 Å². The molecule has 0 saturated carbocycles. The lowest BCUT2D eigenvalue weighted by Gasteiger charge is -2.38. The van der Waals surface area contributed by atoms with Crippen molar-refractivity contribution in [3.05, 3.63) is 52.9 Å². The molecule has 1 fully saturated rings. The number of carbonyl (C=O) groups excluding carboxylic acids is 1. The number of aryl methyl sites for hydroxylation is 1. The van der Waals surface area contributed by atoms with E-state index >= 15 is 0 Å². The van der Waals surface area contributed by atoms with E-state index in [2.05, 4.69) is 15.5 Å². The summed E-state index contributed by atoms with van der Waals surface area (Å²) in [5.41, 5.74) is 0.712. The topological polar surface area (TPSA) is 81.2 Å². The van der Waals surface area contributed by atoms with E-state index in [-0.39, 0.29) is 13.1 Å². The molecule has 1 atom stereocenters. The highest BCUT2D eigenvalue weighted by Gasteiger charge is 2.41. The van der Waals surface area contributed by atoms with Gasteiger partial charge >= 0.3 is 0 Å².